The molecule has 14 heavy (non-hydrogen) atoms. The molecule has 0 atom stereocenters. The Bertz CT molecular complexity index is 316. The maximum absolute atomic E-state index is 11.1. The fourth-order valence-electron chi connectivity index (χ4n) is 0.752. The number of carboxylic acids is 1. The Labute approximate surface area is 103 Å². The predicted molar refractivity (Wildman–Crippen MR) is 41.6 cm³/mol. The zero-order valence-corrected chi connectivity index (χ0v) is 9.69. The van der Waals surface area contributed by atoms with Gasteiger partial charge in [-0.2, -0.15) is 0 Å². The minimum Gasteiger partial charge on any atom is -0.548 e. The molecule has 68 valence electrons. The molecule has 6 heteroatoms. The van der Waals surface area contributed by atoms with Crippen molar-refractivity contribution in [2.45, 2.75) is 0 Å². The summed E-state index contributed by atoms with van der Waals surface area (Å²) in [4.78, 5) is 24.8. The van der Waals surface area contributed by atoms with E-state index in [-0.39, 0.29) is 29.6 Å². The van der Waals surface area contributed by atoms with Crippen molar-refractivity contribution in [2.75, 3.05) is 6.54 Å². The van der Waals surface area contributed by atoms with Gasteiger partial charge < -0.3 is 15.2 Å². The number of hydrogen-bond acceptors (Lipinski definition) is 4. The molecule has 0 unspecified atom stereocenters. The van der Waals surface area contributed by atoms with Crippen molar-refractivity contribution in [1.29, 1.82) is 0 Å². The first-order chi connectivity index (χ1) is 6.20. The van der Waals surface area contributed by atoms with E-state index in [2.05, 4.69) is 10.3 Å². The number of amides is 1. The van der Waals surface area contributed by atoms with Crippen LogP contribution in [0.15, 0.2) is 24.5 Å². The van der Waals surface area contributed by atoms with Crippen LogP contribution in [0.1, 0.15) is 10.4 Å². The predicted octanol–water partition coefficient (Wildman–Crippen LogP) is -4.43. The van der Waals surface area contributed by atoms with Gasteiger partial charge in [0.05, 0.1) is 18.1 Å². The average Bonchev–Trinajstić information content (AvgIpc) is 2.15. The second kappa shape index (κ2) is 6.53. The van der Waals surface area contributed by atoms with Gasteiger partial charge >= 0.3 is 29.6 Å². The van der Waals surface area contributed by atoms with Gasteiger partial charge in [0.25, 0.3) is 5.91 Å². The summed E-state index contributed by atoms with van der Waals surface area (Å²) in [5, 5.41) is 12.2. The maximum Gasteiger partial charge on any atom is 1.00 e. The minimum absolute atomic E-state index is 0. The minimum atomic E-state index is -1.32. The van der Waals surface area contributed by atoms with Crippen molar-refractivity contribution in [2.24, 2.45) is 0 Å². The Balaban J connectivity index is 0.00000169. The number of carbonyl (C=O) groups excluding carboxylic acids is 2. The van der Waals surface area contributed by atoms with Crippen LogP contribution in [0, 0.1) is 0 Å². The van der Waals surface area contributed by atoms with Gasteiger partial charge in [0.15, 0.2) is 0 Å². The third-order valence-electron chi connectivity index (χ3n) is 1.32. The zero-order chi connectivity index (χ0) is 9.68. The van der Waals surface area contributed by atoms with Gasteiger partial charge in [-0.3, -0.25) is 9.78 Å². The van der Waals surface area contributed by atoms with Crippen molar-refractivity contribution in [3.05, 3.63) is 30.1 Å². The van der Waals surface area contributed by atoms with Gasteiger partial charge in [0.2, 0.25) is 0 Å². The van der Waals surface area contributed by atoms with E-state index in [9.17, 15) is 14.7 Å². The SMILES string of the molecule is O=C([O-])CNC(=O)c1cccnc1.[Na+]. The molecular weight excluding hydrogens is 195 g/mol. The summed E-state index contributed by atoms with van der Waals surface area (Å²) in [6.45, 7) is -0.492. The summed E-state index contributed by atoms with van der Waals surface area (Å²) < 4.78 is 0. The van der Waals surface area contributed by atoms with Crippen LogP contribution in [0.25, 0.3) is 0 Å². The number of aromatic nitrogens is 1. The molecule has 0 radical (unpaired) electrons. The number of pyridine rings is 1. The van der Waals surface area contributed by atoms with Crippen molar-refractivity contribution < 1.29 is 44.3 Å². The van der Waals surface area contributed by atoms with Crippen LogP contribution in [-0.2, 0) is 4.79 Å². The van der Waals surface area contributed by atoms with E-state index in [0.29, 0.717) is 5.56 Å². The molecule has 0 saturated carbocycles. The number of nitrogens with zero attached hydrogens (tertiary/aromatic N) is 1. The van der Waals surface area contributed by atoms with Gasteiger partial charge in [0.1, 0.15) is 0 Å². The second-order valence-electron chi connectivity index (χ2n) is 2.30. The number of nitrogens with one attached hydrogen (secondary N) is 1. The van der Waals surface area contributed by atoms with E-state index in [1.807, 2.05) is 0 Å². The molecule has 0 saturated heterocycles. The smallest absolute Gasteiger partial charge is 0.548 e. The summed E-state index contributed by atoms with van der Waals surface area (Å²) >= 11 is 0. The van der Waals surface area contributed by atoms with E-state index >= 15 is 0 Å². The fourth-order valence-corrected chi connectivity index (χ4v) is 0.752. The average molecular weight is 202 g/mol. The van der Waals surface area contributed by atoms with Crippen LogP contribution in [0.2, 0.25) is 0 Å². The van der Waals surface area contributed by atoms with Gasteiger partial charge in [-0.05, 0) is 12.1 Å². The zero-order valence-electron chi connectivity index (χ0n) is 7.69. The van der Waals surface area contributed by atoms with Crippen LogP contribution in [-0.4, -0.2) is 23.4 Å². The molecule has 1 aromatic heterocycles. The molecule has 0 aliphatic heterocycles. The van der Waals surface area contributed by atoms with E-state index in [1.54, 1.807) is 6.07 Å². The number of rotatable bonds is 3. The summed E-state index contributed by atoms with van der Waals surface area (Å²) in [6.07, 6.45) is 2.88. The molecule has 1 aromatic rings. The van der Waals surface area contributed by atoms with Gasteiger partial charge in [0, 0.05) is 12.4 Å². The summed E-state index contributed by atoms with van der Waals surface area (Å²) in [5.74, 6) is -1.80. The normalized spacial score (nSPS) is 8.57. The molecular formula is C8H7N2NaO3. The molecule has 0 fully saturated rings. The Morgan fingerprint density at radius 2 is 2.21 bits per heavy atom. The molecule has 0 aromatic carbocycles. The summed E-state index contributed by atoms with van der Waals surface area (Å²) in [5.41, 5.74) is 0.323. The van der Waals surface area contributed by atoms with Gasteiger partial charge in [-0.25, -0.2) is 0 Å². The third kappa shape index (κ3) is 4.36. The van der Waals surface area contributed by atoms with E-state index < -0.39 is 18.4 Å². The molecule has 1 N–H and O–H groups in total. The van der Waals surface area contributed by atoms with Crippen molar-refractivity contribution in [3.8, 4) is 0 Å². The van der Waals surface area contributed by atoms with Crippen molar-refractivity contribution in [1.82, 2.24) is 10.3 Å². The molecule has 0 aliphatic rings. The first-order valence-corrected chi connectivity index (χ1v) is 3.58. The molecule has 0 bridgehead atoms. The molecule has 0 spiro atoms. The second-order valence-corrected chi connectivity index (χ2v) is 2.30. The Morgan fingerprint density at radius 3 is 2.71 bits per heavy atom. The summed E-state index contributed by atoms with van der Waals surface area (Å²) in [7, 11) is 0. The number of carbonyl (C=O) groups is 2. The molecule has 5 nitrogen and oxygen atoms in total. The fraction of sp³-hybridized carbons (Fsp3) is 0.125. The van der Waals surface area contributed by atoms with Crippen LogP contribution < -0.4 is 40.0 Å². The Hall–Kier alpha value is -0.910. The van der Waals surface area contributed by atoms with E-state index in [0.717, 1.165) is 0 Å². The van der Waals surface area contributed by atoms with Gasteiger partial charge in [-0.15, -0.1) is 0 Å². The number of aliphatic carboxylic acids is 1. The monoisotopic (exact) mass is 202 g/mol. The molecule has 0 aliphatic carbocycles. The first kappa shape index (κ1) is 13.1. The van der Waals surface area contributed by atoms with Gasteiger partial charge in [-0.1, -0.05) is 0 Å². The van der Waals surface area contributed by atoms with Crippen molar-refractivity contribution in [3.63, 3.8) is 0 Å². The maximum atomic E-state index is 11.1. The quantitative estimate of drug-likeness (QED) is 0.501. The first-order valence-electron chi connectivity index (χ1n) is 3.58. The van der Waals surface area contributed by atoms with Crippen LogP contribution >= 0.6 is 0 Å². The van der Waals surface area contributed by atoms with Crippen LogP contribution in [0.3, 0.4) is 0 Å². The molecule has 1 amide bonds. The van der Waals surface area contributed by atoms with Crippen molar-refractivity contribution >= 4 is 11.9 Å². The van der Waals surface area contributed by atoms with E-state index in [1.165, 1.54) is 18.5 Å². The molecule has 1 rings (SSSR count). The third-order valence-corrected chi connectivity index (χ3v) is 1.32. The molecule has 1 heterocycles. The number of hydrogen-bond donors (Lipinski definition) is 1. The number of carboxylic acid groups (broad SMARTS) is 1. The van der Waals surface area contributed by atoms with Crippen LogP contribution in [0.5, 0.6) is 0 Å². The Kier molecular flexibility index (Phi) is 6.11. The Morgan fingerprint density at radius 1 is 1.50 bits per heavy atom. The summed E-state index contributed by atoms with van der Waals surface area (Å²) in [6, 6.07) is 3.13. The standard InChI is InChI=1S/C8H8N2O3.Na/c11-7(12)5-10-8(13)6-2-1-3-9-4-6;/h1-4H,5H2,(H,10,13)(H,11,12);/q;+1/p-1. The van der Waals surface area contributed by atoms with E-state index in [4.69, 9.17) is 0 Å². The largest absolute Gasteiger partial charge is 1.00 e. The van der Waals surface area contributed by atoms with Crippen LogP contribution in [0.4, 0.5) is 0 Å². The topological polar surface area (TPSA) is 82.1 Å².